The van der Waals surface area contributed by atoms with Crippen molar-refractivity contribution in [3.8, 4) is 0 Å². The van der Waals surface area contributed by atoms with Crippen LogP contribution in [0.2, 0.25) is 0 Å². The van der Waals surface area contributed by atoms with Gasteiger partial charge in [0.25, 0.3) is 5.91 Å². The Labute approximate surface area is 108 Å². The summed E-state index contributed by atoms with van der Waals surface area (Å²) in [7, 11) is 0. The number of amides is 1. The number of rotatable bonds is 3. The maximum absolute atomic E-state index is 13.6. The van der Waals surface area contributed by atoms with Crippen LogP contribution in [0.25, 0.3) is 0 Å². The maximum atomic E-state index is 13.6. The zero-order chi connectivity index (χ0) is 13.1. The van der Waals surface area contributed by atoms with Crippen LogP contribution < -0.4 is 5.32 Å². The average molecular weight is 265 g/mol. The van der Waals surface area contributed by atoms with Crippen molar-refractivity contribution in [2.45, 2.75) is 20.3 Å². The van der Waals surface area contributed by atoms with Gasteiger partial charge in [-0.1, -0.05) is 17.5 Å². The topological polar surface area (TPSA) is 54.9 Å². The van der Waals surface area contributed by atoms with Crippen molar-refractivity contribution in [2.75, 3.05) is 5.32 Å². The molecule has 0 spiro atoms. The summed E-state index contributed by atoms with van der Waals surface area (Å²) in [6.45, 7) is 3.68. The fraction of sp³-hybridized carbons (Fsp3) is 0.250. The number of benzene rings is 1. The molecule has 0 saturated heterocycles. The molecule has 1 aromatic carbocycles. The number of hydrogen-bond donors (Lipinski definition) is 1. The number of anilines is 1. The lowest BCUT2D eigenvalue weighted by atomic mass is 10.2. The van der Waals surface area contributed by atoms with Crippen LogP contribution in [-0.4, -0.2) is 15.5 Å². The Morgan fingerprint density at radius 2 is 2.28 bits per heavy atom. The van der Waals surface area contributed by atoms with E-state index >= 15 is 0 Å². The molecule has 0 aliphatic rings. The van der Waals surface area contributed by atoms with Gasteiger partial charge in [-0.05, 0) is 42.6 Å². The monoisotopic (exact) mass is 265 g/mol. The van der Waals surface area contributed by atoms with Gasteiger partial charge in [0.05, 0.1) is 11.4 Å². The Bertz CT molecular complexity index is 582. The van der Waals surface area contributed by atoms with Gasteiger partial charge in [0.2, 0.25) is 0 Å². The van der Waals surface area contributed by atoms with E-state index in [1.54, 1.807) is 19.1 Å². The molecule has 0 atom stereocenters. The summed E-state index contributed by atoms with van der Waals surface area (Å²) >= 11 is 1.01. The molecule has 0 radical (unpaired) electrons. The van der Waals surface area contributed by atoms with E-state index in [4.69, 9.17) is 0 Å². The Morgan fingerprint density at radius 1 is 1.50 bits per heavy atom. The SMILES string of the molecule is CCc1nnsc1C(=O)Nc1ccc(C)cc1F. The number of nitrogens with zero attached hydrogens (tertiary/aromatic N) is 2. The van der Waals surface area contributed by atoms with Gasteiger partial charge in [0.1, 0.15) is 10.7 Å². The van der Waals surface area contributed by atoms with Gasteiger partial charge in [0.15, 0.2) is 0 Å². The maximum Gasteiger partial charge on any atom is 0.269 e. The molecule has 1 N–H and O–H groups in total. The lowest BCUT2D eigenvalue weighted by Gasteiger charge is -2.06. The largest absolute Gasteiger partial charge is 0.319 e. The summed E-state index contributed by atoms with van der Waals surface area (Å²) < 4.78 is 17.3. The lowest BCUT2D eigenvalue weighted by molar-refractivity contribution is 0.102. The molecule has 4 nitrogen and oxygen atoms in total. The van der Waals surface area contributed by atoms with Crippen LogP contribution in [0.5, 0.6) is 0 Å². The minimum Gasteiger partial charge on any atom is -0.319 e. The molecule has 1 aromatic heterocycles. The third kappa shape index (κ3) is 2.53. The summed E-state index contributed by atoms with van der Waals surface area (Å²) in [6.07, 6.45) is 0.621. The predicted octanol–water partition coefficient (Wildman–Crippen LogP) is 2.80. The first kappa shape index (κ1) is 12.6. The van der Waals surface area contributed by atoms with E-state index in [0.29, 0.717) is 17.0 Å². The number of halogens is 1. The van der Waals surface area contributed by atoms with Crippen LogP contribution in [-0.2, 0) is 6.42 Å². The van der Waals surface area contributed by atoms with E-state index in [1.165, 1.54) is 6.07 Å². The molecule has 0 bridgehead atoms. The Kier molecular flexibility index (Phi) is 3.66. The third-order valence-corrected chi connectivity index (χ3v) is 3.24. The standard InChI is InChI=1S/C12H12FN3OS/c1-3-9-11(18-16-15-9)12(17)14-10-5-4-7(2)6-8(10)13/h4-6H,3H2,1-2H3,(H,14,17). The number of aryl methyl sites for hydroxylation is 2. The quantitative estimate of drug-likeness (QED) is 0.928. The van der Waals surface area contributed by atoms with E-state index in [2.05, 4.69) is 14.9 Å². The molecule has 94 valence electrons. The van der Waals surface area contributed by atoms with Gasteiger partial charge in [-0.2, -0.15) is 0 Å². The third-order valence-electron chi connectivity index (χ3n) is 2.47. The fourth-order valence-electron chi connectivity index (χ4n) is 1.51. The second-order valence-corrected chi connectivity index (χ2v) is 4.59. The van der Waals surface area contributed by atoms with Crippen molar-refractivity contribution >= 4 is 23.1 Å². The number of nitrogens with one attached hydrogen (secondary N) is 1. The van der Waals surface area contributed by atoms with Crippen molar-refractivity contribution in [3.63, 3.8) is 0 Å². The Balaban J connectivity index is 2.21. The molecule has 0 aliphatic heterocycles. The van der Waals surface area contributed by atoms with Crippen molar-refractivity contribution < 1.29 is 9.18 Å². The Morgan fingerprint density at radius 3 is 2.94 bits per heavy atom. The second kappa shape index (κ2) is 5.22. The fourth-order valence-corrected chi connectivity index (χ4v) is 2.16. The molecule has 1 amide bonds. The highest BCUT2D eigenvalue weighted by Gasteiger charge is 2.16. The average Bonchev–Trinajstić information content (AvgIpc) is 2.81. The normalized spacial score (nSPS) is 10.4. The highest BCUT2D eigenvalue weighted by atomic mass is 32.1. The van der Waals surface area contributed by atoms with Crippen molar-refractivity contribution in [1.82, 2.24) is 9.59 Å². The zero-order valence-electron chi connectivity index (χ0n) is 10.0. The van der Waals surface area contributed by atoms with E-state index < -0.39 is 5.82 Å². The van der Waals surface area contributed by atoms with E-state index in [9.17, 15) is 9.18 Å². The van der Waals surface area contributed by atoms with Crippen LogP contribution in [0, 0.1) is 12.7 Å². The predicted molar refractivity (Wildman–Crippen MR) is 68.4 cm³/mol. The molecular formula is C12H12FN3OS. The van der Waals surface area contributed by atoms with Crippen LogP contribution in [0.15, 0.2) is 18.2 Å². The molecular weight excluding hydrogens is 253 g/mol. The molecule has 1 heterocycles. The van der Waals surface area contributed by atoms with Crippen LogP contribution >= 0.6 is 11.5 Å². The first-order chi connectivity index (χ1) is 8.61. The molecule has 2 aromatic rings. The second-order valence-electron chi connectivity index (χ2n) is 3.84. The molecule has 0 fully saturated rings. The van der Waals surface area contributed by atoms with E-state index in [1.807, 2.05) is 6.92 Å². The number of aromatic nitrogens is 2. The van der Waals surface area contributed by atoms with Gasteiger partial charge >= 0.3 is 0 Å². The minimum absolute atomic E-state index is 0.168. The molecule has 0 aliphatic carbocycles. The summed E-state index contributed by atoms with van der Waals surface area (Å²) in [4.78, 5) is 12.4. The van der Waals surface area contributed by atoms with E-state index in [-0.39, 0.29) is 11.6 Å². The molecule has 0 saturated carbocycles. The first-order valence-corrected chi connectivity index (χ1v) is 6.28. The van der Waals surface area contributed by atoms with Gasteiger partial charge < -0.3 is 5.32 Å². The smallest absolute Gasteiger partial charge is 0.269 e. The number of carbonyl (C=O) groups is 1. The molecule has 6 heteroatoms. The van der Waals surface area contributed by atoms with Crippen LogP contribution in [0.1, 0.15) is 27.9 Å². The highest BCUT2D eigenvalue weighted by Crippen LogP contribution is 2.18. The Hall–Kier alpha value is -1.82. The molecule has 18 heavy (non-hydrogen) atoms. The van der Waals surface area contributed by atoms with Gasteiger partial charge in [-0.25, -0.2) is 4.39 Å². The van der Waals surface area contributed by atoms with Gasteiger partial charge in [-0.3, -0.25) is 4.79 Å². The summed E-state index contributed by atoms with van der Waals surface area (Å²) in [5.41, 5.74) is 1.60. The minimum atomic E-state index is -0.445. The lowest BCUT2D eigenvalue weighted by Crippen LogP contribution is -2.13. The summed E-state index contributed by atoms with van der Waals surface area (Å²) in [6, 6.07) is 4.66. The highest BCUT2D eigenvalue weighted by molar-refractivity contribution is 7.08. The summed E-state index contributed by atoms with van der Waals surface area (Å²) in [5.74, 6) is -0.816. The first-order valence-electron chi connectivity index (χ1n) is 5.50. The molecule has 0 unspecified atom stereocenters. The van der Waals surface area contributed by atoms with Crippen LogP contribution in [0.4, 0.5) is 10.1 Å². The van der Waals surface area contributed by atoms with Gasteiger partial charge in [-0.15, -0.1) is 5.10 Å². The van der Waals surface area contributed by atoms with E-state index in [0.717, 1.165) is 17.1 Å². The van der Waals surface area contributed by atoms with Crippen molar-refractivity contribution in [3.05, 3.63) is 40.2 Å². The number of carbonyl (C=O) groups excluding carboxylic acids is 1. The van der Waals surface area contributed by atoms with Crippen molar-refractivity contribution in [1.29, 1.82) is 0 Å². The number of hydrogen-bond acceptors (Lipinski definition) is 4. The summed E-state index contributed by atoms with van der Waals surface area (Å²) in [5, 5.41) is 6.38. The molecule has 2 rings (SSSR count). The van der Waals surface area contributed by atoms with Crippen LogP contribution in [0.3, 0.4) is 0 Å². The van der Waals surface area contributed by atoms with Crippen molar-refractivity contribution in [2.24, 2.45) is 0 Å². The van der Waals surface area contributed by atoms with Gasteiger partial charge in [0, 0.05) is 0 Å². The zero-order valence-corrected chi connectivity index (χ0v) is 10.8.